The lowest BCUT2D eigenvalue weighted by atomic mass is 10.3. The van der Waals surface area contributed by atoms with Gasteiger partial charge < -0.3 is 10.6 Å². The average molecular weight is 234 g/mol. The monoisotopic (exact) mass is 234 g/mol. The molecular weight excluding hydrogens is 222 g/mol. The van der Waals surface area contributed by atoms with E-state index in [1.165, 1.54) is 13.3 Å². The predicted molar refractivity (Wildman–Crippen MR) is 62.5 cm³/mol. The van der Waals surface area contributed by atoms with E-state index >= 15 is 0 Å². The van der Waals surface area contributed by atoms with Gasteiger partial charge in [0.2, 0.25) is 6.29 Å². The number of hydrogen-bond donors (Lipinski definition) is 2. The van der Waals surface area contributed by atoms with Crippen LogP contribution in [0, 0.1) is 0 Å². The van der Waals surface area contributed by atoms with E-state index in [0.717, 1.165) is 4.90 Å². The van der Waals surface area contributed by atoms with Gasteiger partial charge in [-0.15, -0.1) is 0 Å². The molecule has 0 saturated carbocycles. The topological polar surface area (TPSA) is 78.5 Å². The van der Waals surface area contributed by atoms with Crippen LogP contribution in [0.3, 0.4) is 0 Å². The van der Waals surface area contributed by atoms with Crippen molar-refractivity contribution in [2.24, 2.45) is 0 Å². The molecule has 0 unspecified atom stereocenters. The number of benzene rings is 1. The highest BCUT2D eigenvalue weighted by Gasteiger charge is 2.21. The Bertz CT molecular complexity index is 406. The quantitative estimate of drug-likeness (QED) is 0.806. The van der Waals surface area contributed by atoms with E-state index in [1.807, 2.05) is 0 Å². The molecule has 0 aliphatic carbocycles. The van der Waals surface area contributed by atoms with Crippen molar-refractivity contribution in [2.45, 2.75) is 0 Å². The first-order chi connectivity index (χ1) is 8.20. The molecule has 1 rings (SSSR count). The Kier molecular flexibility index (Phi) is 4.68. The molecule has 1 aromatic rings. The largest absolute Gasteiger partial charge is 0.340 e. The van der Waals surface area contributed by atoms with Crippen molar-refractivity contribution in [1.82, 2.24) is 10.6 Å². The molecule has 1 aromatic carbocycles. The van der Waals surface area contributed by atoms with Crippen LogP contribution >= 0.6 is 0 Å². The number of nitrogens with zero attached hydrogens (tertiary/aromatic N) is 1. The molecule has 0 saturated heterocycles. The molecule has 17 heavy (non-hydrogen) atoms. The van der Waals surface area contributed by atoms with E-state index in [9.17, 15) is 14.4 Å². The molecular formula is C11H12N3O3. The van der Waals surface area contributed by atoms with E-state index in [0.29, 0.717) is 5.69 Å². The van der Waals surface area contributed by atoms with Crippen LogP contribution in [0.25, 0.3) is 0 Å². The number of amides is 4. The number of para-hydroxylation sites is 1. The van der Waals surface area contributed by atoms with Gasteiger partial charge >= 0.3 is 12.1 Å². The summed E-state index contributed by atoms with van der Waals surface area (Å²) in [6.45, 7) is -0.265. The number of anilines is 1. The maximum Gasteiger partial charge on any atom is 0.330 e. The van der Waals surface area contributed by atoms with Gasteiger partial charge in [0.15, 0.2) is 0 Å². The van der Waals surface area contributed by atoms with Crippen LogP contribution in [0.1, 0.15) is 0 Å². The molecule has 0 aliphatic heterocycles. The van der Waals surface area contributed by atoms with Gasteiger partial charge in [-0.2, -0.15) is 0 Å². The van der Waals surface area contributed by atoms with Crippen LogP contribution in [0.2, 0.25) is 0 Å². The van der Waals surface area contributed by atoms with Crippen LogP contribution in [0.4, 0.5) is 15.3 Å². The van der Waals surface area contributed by atoms with Crippen molar-refractivity contribution in [3.8, 4) is 0 Å². The second-order valence-electron chi connectivity index (χ2n) is 3.03. The van der Waals surface area contributed by atoms with E-state index < -0.39 is 12.1 Å². The van der Waals surface area contributed by atoms with Gasteiger partial charge in [0.25, 0.3) is 0 Å². The second-order valence-corrected chi connectivity index (χ2v) is 3.03. The van der Waals surface area contributed by atoms with E-state index in [2.05, 4.69) is 10.6 Å². The summed E-state index contributed by atoms with van der Waals surface area (Å²) >= 11 is 0. The summed E-state index contributed by atoms with van der Waals surface area (Å²) in [4.78, 5) is 34.2. The first kappa shape index (κ1) is 12.7. The van der Waals surface area contributed by atoms with Crippen molar-refractivity contribution in [3.05, 3.63) is 30.3 Å². The van der Waals surface area contributed by atoms with Crippen molar-refractivity contribution < 1.29 is 14.4 Å². The highest BCUT2D eigenvalue weighted by Crippen LogP contribution is 2.13. The van der Waals surface area contributed by atoms with Gasteiger partial charge in [-0.1, -0.05) is 18.2 Å². The molecule has 6 nitrogen and oxygen atoms in total. The lowest BCUT2D eigenvalue weighted by Crippen LogP contribution is -2.48. The summed E-state index contributed by atoms with van der Waals surface area (Å²) in [5, 5.41) is 4.60. The standard InChI is InChI=1S/C11H12N3O3/c1-12-10(16)14(11(17)13-7-8-15)9-5-3-2-4-6-9/h2-6H,7H2,1H3,(H,12,16)(H,13,17). The number of imide groups is 1. The van der Waals surface area contributed by atoms with E-state index in [4.69, 9.17) is 0 Å². The number of hydrogen-bond acceptors (Lipinski definition) is 3. The molecule has 4 amide bonds. The summed E-state index contributed by atoms with van der Waals surface area (Å²) in [5.74, 6) is 0. The predicted octanol–water partition coefficient (Wildman–Crippen LogP) is 0.652. The zero-order valence-electron chi connectivity index (χ0n) is 9.27. The van der Waals surface area contributed by atoms with Crippen molar-refractivity contribution >= 4 is 24.0 Å². The maximum atomic E-state index is 11.7. The molecule has 0 aromatic heterocycles. The number of urea groups is 2. The summed E-state index contributed by atoms with van der Waals surface area (Å²) in [6.07, 6.45) is 1.52. The Balaban J connectivity index is 2.92. The first-order valence-corrected chi connectivity index (χ1v) is 4.90. The number of nitrogens with one attached hydrogen (secondary N) is 2. The molecule has 2 N–H and O–H groups in total. The Morgan fingerprint density at radius 3 is 2.41 bits per heavy atom. The zero-order chi connectivity index (χ0) is 12.7. The lowest BCUT2D eigenvalue weighted by molar-refractivity contribution is 0.236. The molecule has 0 atom stereocenters. The smallest absolute Gasteiger partial charge is 0.330 e. The van der Waals surface area contributed by atoms with Gasteiger partial charge in [-0.25, -0.2) is 14.5 Å². The molecule has 0 bridgehead atoms. The highest BCUT2D eigenvalue weighted by atomic mass is 16.2. The Labute approximate surface area is 98.6 Å². The molecule has 0 fully saturated rings. The fourth-order valence-corrected chi connectivity index (χ4v) is 1.21. The van der Waals surface area contributed by atoms with Crippen molar-refractivity contribution in [3.63, 3.8) is 0 Å². The lowest BCUT2D eigenvalue weighted by Gasteiger charge is -2.20. The molecule has 1 radical (unpaired) electrons. The van der Waals surface area contributed by atoms with Gasteiger partial charge in [-0.05, 0) is 12.1 Å². The molecule has 6 heteroatoms. The van der Waals surface area contributed by atoms with Crippen LogP contribution in [0.5, 0.6) is 0 Å². The Morgan fingerprint density at radius 1 is 1.24 bits per heavy atom. The summed E-state index contributed by atoms with van der Waals surface area (Å²) in [6, 6.07) is 7.12. The fourth-order valence-electron chi connectivity index (χ4n) is 1.21. The Hall–Kier alpha value is -2.37. The third-order valence-electron chi connectivity index (χ3n) is 1.95. The first-order valence-electron chi connectivity index (χ1n) is 4.90. The van der Waals surface area contributed by atoms with Crippen LogP contribution in [-0.4, -0.2) is 31.9 Å². The third-order valence-corrected chi connectivity index (χ3v) is 1.95. The third kappa shape index (κ3) is 3.30. The van der Waals surface area contributed by atoms with E-state index in [1.54, 1.807) is 30.3 Å². The maximum absolute atomic E-state index is 11.7. The van der Waals surface area contributed by atoms with Crippen LogP contribution < -0.4 is 15.5 Å². The normalized spacial score (nSPS) is 9.24. The number of carbonyl (C=O) groups is 2. The van der Waals surface area contributed by atoms with Gasteiger partial charge in [0, 0.05) is 7.05 Å². The van der Waals surface area contributed by atoms with Gasteiger partial charge in [0.05, 0.1) is 12.2 Å². The minimum atomic E-state index is -0.682. The van der Waals surface area contributed by atoms with Crippen LogP contribution in [-0.2, 0) is 4.79 Å². The molecule has 89 valence electrons. The molecule has 0 heterocycles. The summed E-state index contributed by atoms with van der Waals surface area (Å²) in [5.41, 5.74) is 0.412. The zero-order valence-corrected chi connectivity index (χ0v) is 9.27. The van der Waals surface area contributed by atoms with Gasteiger partial charge in [-0.3, -0.25) is 4.79 Å². The SMILES string of the molecule is CNC(=O)N(C(=O)NC[C]=O)c1ccccc1. The summed E-state index contributed by atoms with van der Waals surface area (Å²) < 4.78 is 0. The number of rotatable bonds is 3. The number of carbonyl (C=O) groups excluding carboxylic acids is 3. The molecule has 0 aliphatic rings. The van der Waals surface area contributed by atoms with Crippen molar-refractivity contribution in [2.75, 3.05) is 18.5 Å². The highest BCUT2D eigenvalue weighted by molar-refractivity contribution is 6.13. The molecule has 0 spiro atoms. The average Bonchev–Trinajstić information content (AvgIpc) is 2.37. The minimum Gasteiger partial charge on any atom is -0.340 e. The second kappa shape index (κ2) is 6.26. The summed E-state index contributed by atoms with van der Waals surface area (Å²) in [7, 11) is 1.41. The van der Waals surface area contributed by atoms with Crippen LogP contribution in [0.15, 0.2) is 30.3 Å². The minimum absolute atomic E-state index is 0.265. The van der Waals surface area contributed by atoms with Gasteiger partial charge in [0.1, 0.15) is 0 Å². The Morgan fingerprint density at radius 2 is 1.88 bits per heavy atom. The fraction of sp³-hybridized carbons (Fsp3) is 0.182. The van der Waals surface area contributed by atoms with E-state index in [-0.39, 0.29) is 6.54 Å². The van der Waals surface area contributed by atoms with Crippen molar-refractivity contribution in [1.29, 1.82) is 0 Å².